The fourth-order valence-corrected chi connectivity index (χ4v) is 0.493. The summed E-state index contributed by atoms with van der Waals surface area (Å²) in [6, 6.07) is 0. The van der Waals surface area contributed by atoms with E-state index in [9.17, 15) is 8.42 Å². The zero-order valence-corrected chi connectivity index (χ0v) is 7.73. The SMILES string of the molecule is CCOS(N)(=O)=O.[H-].[Na+]. The van der Waals surface area contributed by atoms with Gasteiger partial charge in [-0.15, -0.1) is 0 Å². The minimum Gasteiger partial charge on any atom is -1.00 e. The normalized spacial score (nSPS) is 10.2. The van der Waals surface area contributed by atoms with E-state index in [-0.39, 0.29) is 37.6 Å². The fraction of sp³-hybridized carbons (Fsp3) is 1.00. The monoisotopic (exact) mass is 149 g/mol. The molecule has 0 aromatic rings. The molecule has 8 heavy (non-hydrogen) atoms. The van der Waals surface area contributed by atoms with E-state index in [1.807, 2.05) is 0 Å². The van der Waals surface area contributed by atoms with Crippen LogP contribution in [-0.2, 0) is 14.5 Å². The molecule has 0 amide bonds. The summed E-state index contributed by atoms with van der Waals surface area (Å²) in [5.74, 6) is 0. The van der Waals surface area contributed by atoms with Crippen LogP contribution in [0, 0.1) is 0 Å². The Balaban J connectivity index is -0.000000180. The number of nitrogens with two attached hydrogens (primary N) is 1. The number of hydrogen-bond acceptors (Lipinski definition) is 3. The molecule has 0 spiro atoms. The average Bonchev–Trinajstić information content (AvgIpc) is 1.30. The van der Waals surface area contributed by atoms with Crippen molar-refractivity contribution < 1.29 is 43.6 Å². The Morgan fingerprint density at radius 1 is 1.75 bits per heavy atom. The van der Waals surface area contributed by atoms with Gasteiger partial charge in [0.15, 0.2) is 0 Å². The van der Waals surface area contributed by atoms with Crippen molar-refractivity contribution in [3.8, 4) is 0 Å². The van der Waals surface area contributed by atoms with E-state index >= 15 is 0 Å². The van der Waals surface area contributed by atoms with Crippen LogP contribution in [0.2, 0.25) is 0 Å². The van der Waals surface area contributed by atoms with Crippen LogP contribution in [-0.4, -0.2) is 15.0 Å². The van der Waals surface area contributed by atoms with Gasteiger partial charge in [0.25, 0.3) is 0 Å². The van der Waals surface area contributed by atoms with E-state index in [0.717, 1.165) is 0 Å². The molecule has 0 aliphatic rings. The van der Waals surface area contributed by atoms with Crippen LogP contribution in [0.1, 0.15) is 8.35 Å². The molecule has 4 nitrogen and oxygen atoms in total. The molecule has 0 fully saturated rings. The van der Waals surface area contributed by atoms with Gasteiger partial charge >= 0.3 is 39.9 Å². The summed E-state index contributed by atoms with van der Waals surface area (Å²) in [5, 5.41) is 4.40. The van der Waals surface area contributed by atoms with Crippen LogP contribution in [0.5, 0.6) is 0 Å². The van der Waals surface area contributed by atoms with E-state index in [1.165, 1.54) is 0 Å². The van der Waals surface area contributed by atoms with Crippen molar-refractivity contribution in [2.24, 2.45) is 5.14 Å². The van der Waals surface area contributed by atoms with E-state index < -0.39 is 10.3 Å². The number of rotatable bonds is 2. The summed E-state index contributed by atoms with van der Waals surface area (Å²) >= 11 is 0. The van der Waals surface area contributed by atoms with Crippen LogP contribution in [0.25, 0.3) is 0 Å². The summed E-state index contributed by atoms with van der Waals surface area (Å²) in [6.45, 7) is 1.64. The molecule has 0 aromatic heterocycles. The first-order valence-electron chi connectivity index (χ1n) is 1.73. The molecule has 0 atom stereocenters. The Labute approximate surface area is 72.4 Å². The smallest absolute Gasteiger partial charge is 1.00 e. The van der Waals surface area contributed by atoms with E-state index in [4.69, 9.17) is 0 Å². The fourth-order valence-electron chi connectivity index (χ4n) is 0.164. The van der Waals surface area contributed by atoms with Gasteiger partial charge in [-0.3, -0.25) is 4.18 Å². The van der Waals surface area contributed by atoms with Crippen molar-refractivity contribution in [1.29, 1.82) is 0 Å². The van der Waals surface area contributed by atoms with Gasteiger partial charge < -0.3 is 1.43 Å². The molecular formula is C2H8NNaO3S. The van der Waals surface area contributed by atoms with Crippen LogP contribution in [0.15, 0.2) is 0 Å². The second-order valence-electron chi connectivity index (χ2n) is 0.899. The molecular weight excluding hydrogens is 141 g/mol. The molecule has 0 unspecified atom stereocenters. The van der Waals surface area contributed by atoms with Crippen molar-refractivity contribution >= 4 is 10.3 Å². The van der Waals surface area contributed by atoms with Gasteiger partial charge in [0.2, 0.25) is 0 Å². The Hall–Kier alpha value is 0.870. The minimum absolute atomic E-state index is 0. The third-order valence-corrected chi connectivity index (χ3v) is 0.846. The molecule has 0 rings (SSSR count). The van der Waals surface area contributed by atoms with Crippen molar-refractivity contribution in [2.45, 2.75) is 6.92 Å². The molecule has 0 aliphatic carbocycles. The Kier molecular flexibility index (Phi) is 6.87. The van der Waals surface area contributed by atoms with Gasteiger partial charge in [-0.05, 0) is 6.92 Å². The summed E-state index contributed by atoms with van der Waals surface area (Å²) in [4.78, 5) is 0. The summed E-state index contributed by atoms with van der Waals surface area (Å²) in [6.07, 6.45) is 0. The molecule has 0 radical (unpaired) electrons. The van der Waals surface area contributed by atoms with Crippen molar-refractivity contribution in [3.05, 3.63) is 0 Å². The van der Waals surface area contributed by atoms with Crippen LogP contribution >= 0.6 is 0 Å². The largest absolute Gasteiger partial charge is 1.00 e. The van der Waals surface area contributed by atoms with Gasteiger partial charge in [-0.1, -0.05) is 0 Å². The molecule has 0 bridgehead atoms. The minimum atomic E-state index is -3.67. The molecule has 0 aliphatic heterocycles. The topological polar surface area (TPSA) is 69.4 Å². The second kappa shape index (κ2) is 4.72. The maximum absolute atomic E-state index is 9.79. The van der Waals surface area contributed by atoms with Crippen molar-refractivity contribution in [1.82, 2.24) is 0 Å². The molecule has 2 N–H and O–H groups in total. The quantitative estimate of drug-likeness (QED) is 0.411. The predicted molar refractivity (Wildman–Crippen MR) is 25.8 cm³/mol. The first kappa shape index (κ1) is 11.6. The average molecular weight is 149 g/mol. The molecule has 46 valence electrons. The van der Waals surface area contributed by atoms with Crippen LogP contribution in [0.3, 0.4) is 0 Å². The van der Waals surface area contributed by atoms with E-state index in [2.05, 4.69) is 9.32 Å². The zero-order valence-electron chi connectivity index (χ0n) is 5.92. The first-order valence-corrected chi connectivity index (χ1v) is 3.20. The third-order valence-electron chi connectivity index (χ3n) is 0.282. The van der Waals surface area contributed by atoms with Crippen LogP contribution < -0.4 is 34.7 Å². The summed E-state index contributed by atoms with van der Waals surface area (Å²) in [5.41, 5.74) is 0. The van der Waals surface area contributed by atoms with Gasteiger partial charge in [-0.2, -0.15) is 8.42 Å². The van der Waals surface area contributed by atoms with Gasteiger partial charge in [-0.25, -0.2) is 5.14 Å². The molecule has 0 saturated heterocycles. The Morgan fingerprint density at radius 2 is 2.12 bits per heavy atom. The third kappa shape index (κ3) is 9.98. The second-order valence-corrected chi connectivity index (χ2v) is 2.12. The van der Waals surface area contributed by atoms with E-state index in [1.54, 1.807) is 6.92 Å². The zero-order chi connectivity index (χ0) is 5.91. The molecule has 0 saturated carbocycles. The van der Waals surface area contributed by atoms with Crippen molar-refractivity contribution in [3.63, 3.8) is 0 Å². The standard InChI is InChI=1S/C2H7NO3S.Na.H/c1-2-6-7(3,4)5;;/h2H2,1H3,(H2,3,4,5);;/q;+1;-1. The van der Waals surface area contributed by atoms with Gasteiger partial charge in [0, 0.05) is 0 Å². The number of hydrogen-bond donors (Lipinski definition) is 1. The molecule has 6 heteroatoms. The molecule has 0 aromatic carbocycles. The Bertz CT molecular complexity index is 135. The van der Waals surface area contributed by atoms with Crippen LogP contribution in [0.4, 0.5) is 0 Å². The summed E-state index contributed by atoms with van der Waals surface area (Å²) in [7, 11) is -3.67. The maximum Gasteiger partial charge on any atom is 1.00 e. The predicted octanol–water partition coefficient (Wildman–Crippen LogP) is -3.66. The summed E-state index contributed by atoms with van der Waals surface area (Å²) < 4.78 is 23.6. The van der Waals surface area contributed by atoms with Gasteiger partial charge in [0.05, 0.1) is 6.61 Å². The molecule has 0 heterocycles. The van der Waals surface area contributed by atoms with E-state index in [0.29, 0.717) is 0 Å². The Morgan fingerprint density at radius 3 is 2.12 bits per heavy atom. The van der Waals surface area contributed by atoms with Gasteiger partial charge in [0.1, 0.15) is 0 Å². The van der Waals surface area contributed by atoms with Crippen molar-refractivity contribution in [2.75, 3.05) is 6.61 Å². The maximum atomic E-state index is 9.79. The first-order chi connectivity index (χ1) is 3.06.